The number of hydrogen-bond acceptors (Lipinski definition) is 2. The Labute approximate surface area is 72.8 Å². The van der Waals surface area contributed by atoms with E-state index >= 15 is 0 Å². The van der Waals surface area contributed by atoms with Gasteiger partial charge in [0, 0.05) is 0 Å². The zero-order valence-corrected chi connectivity index (χ0v) is 6.67. The van der Waals surface area contributed by atoms with E-state index in [9.17, 15) is 8.78 Å². The monoisotopic (exact) mass is 193 g/mol. The van der Waals surface area contributed by atoms with Crippen LogP contribution in [0.15, 0.2) is 29.2 Å². The summed E-state index contributed by atoms with van der Waals surface area (Å²) in [4.78, 5) is 0. The van der Waals surface area contributed by atoms with Gasteiger partial charge in [-0.25, -0.2) is 8.78 Å². The Bertz CT molecular complexity index is 260. The molecule has 12 heavy (non-hydrogen) atoms. The highest BCUT2D eigenvalue weighted by Crippen LogP contribution is 2.33. The number of oxime groups is 1. The van der Waals surface area contributed by atoms with Crippen LogP contribution < -0.4 is 0 Å². The molecule has 0 unspecified atom stereocenters. The van der Waals surface area contributed by atoms with Crippen LogP contribution in [0.4, 0.5) is 8.78 Å². The summed E-state index contributed by atoms with van der Waals surface area (Å²) in [6.07, 6.45) is 3.56. The molecule has 0 radical (unpaired) electrons. The van der Waals surface area contributed by atoms with E-state index in [1.807, 2.05) is 0 Å². The van der Waals surface area contributed by atoms with Crippen LogP contribution in [0.25, 0.3) is 0 Å². The lowest BCUT2D eigenvalue weighted by molar-refractivity contribution is 0.291. The van der Waals surface area contributed by atoms with Crippen molar-refractivity contribution < 1.29 is 14.0 Å². The van der Waals surface area contributed by atoms with Gasteiger partial charge in [-0.15, -0.1) is 5.16 Å². The van der Waals surface area contributed by atoms with Crippen molar-refractivity contribution in [2.45, 2.75) is 5.13 Å². The van der Waals surface area contributed by atoms with Crippen molar-refractivity contribution >= 4 is 17.8 Å². The Morgan fingerprint density at radius 2 is 2.42 bits per heavy atom. The molecule has 2 atom stereocenters. The van der Waals surface area contributed by atoms with Crippen molar-refractivity contribution in [2.24, 2.45) is 11.1 Å². The molecule has 0 aromatic carbocycles. The molecule has 0 saturated heterocycles. The summed E-state index contributed by atoms with van der Waals surface area (Å²) in [7, 11) is 0. The highest BCUT2D eigenvalue weighted by Gasteiger charge is 2.34. The Kier molecular flexibility index (Phi) is 2.47. The van der Waals surface area contributed by atoms with Crippen LogP contribution in [0.3, 0.4) is 0 Å². The molecule has 5 heteroatoms. The average Bonchev–Trinajstić information content (AvgIpc) is 1.98. The van der Waals surface area contributed by atoms with E-state index in [1.54, 1.807) is 0 Å². The summed E-state index contributed by atoms with van der Waals surface area (Å²) in [6.45, 7) is 0. The lowest BCUT2D eigenvalue weighted by Gasteiger charge is -2.21. The van der Waals surface area contributed by atoms with Crippen LogP contribution in [0.1, 0.15) is 0 Å². The predicted molar refractivity (Wildman–Crippen MR) is 41.8 cm³/mol. The molecular weight excluding hydrogens is 188 g/mol. The zero-order valence-electron chi connectivity index (χ0n) is 5.92. The zero-order chi connectivity index (χ0) is 9.19. The first-order valence-corrected chi connectivity index (χ1v) is 3.56. The summed E-state index contributed by atoms with van der Waals surface area (Å²) in [5.74, 6) is -1.68. The first kappa shape index (κ1) is 9.19. The second kappa shape index (κ2) is 3.23. The molecule has 0 spiro atoms. The highest BCUT2D eigenvalue weighted by atomic mass is 35.5. The Balaban J connectivity index is 2.90. The van der Waals surface area contributed by atoms with Gasteiger partial charge in [0.2, 0.25) is 5.13 Å². The number of halogens is 3. The van der Waals surface area contributed by atoms with E-state index in [0.717, 1.165) is 24.4 Å². The number of hydrogen-bond donors (Lipinski definition) is 1. The average molecular weight is 194 g/mol. The Hall–Kier alpha value is -0.900. The van der Waals surface area contributed by atoms with Gasteiger partial charge in [0.05, 0.1) is 12.1 Å². The number of allylic oxidation sites excluding steroid dienone is 4. The number of rotatable bonds is 1. The summed E-state index contributed by atoms with van der Waals surface area (Å²) in [6, 6.07) is 0. The standard InChI is InChI=1S/C7H6ClF2NO/c8-7(10)2-1-6(9)3-5(7)4-11-12/h1-5,12H/t5-,7+/m0/s1. The Morgan fingerprint density at radius 3 is 3.00 bits per heavy atom. The minimum absolute atomic E-state index is 0.603. The molecular formula is C7H6ClF2NO. The number of alkyl halides is 2. The maximum Gasteiger partial charge on any atom is 0.213 e. The smallest absolute Gasteiger partial charge is 0.213 e. The van der Waals surface area contributed by atoms with Gasteiger partial charge in [0.1, 0.15) is 5.83 Å². The first-order valence-electron chi connectivity index (χ1n) is 3.18. The SMILES string of the molecule is ON=C[C@@H]1C=C(F)C=C[C@]1(F)Cl. The largest absolute Gasteiger partial charge is 0.411 e. The minimum Gasteiger partial charge on any atom is -0.411 e. The summed E-state index contributed by atoms with van der Waals surface area (Å²) >= 11 is 5.32. The topological polar surface area (TPSA) is 32.6 Å². The molecule has 1 aliphatic carbocycles. The summed E-state index contributed by atoms with van der Waals surface area (Å²) in [5.41, 5.74) is 0. The van der Waals surface area contributed by atoms with Gasteiger partial charge in [-0.2, -0.15) is 0 Å². The third-order valence-corrected chi connectivity index (χ3v) is 1.85. The number of nitrogens with zero attached hydrogens (tertiary/aromatic N) is 1. The molecule has 0 heterocycles. The van der Waals surface area contributed by atoms with Gasteiger partial charge in [0.15, 0.2) is 0 Å². The van der Waals surface area contributed by atoms with E-state index < -0.39 is 16.9 Å². The van der Waals surface area contributed by atoms with Crippen LogP contribution in [0, 0.1) is 5.92 Å². The van der Waals surface area contributed by atoms with Crippen molar-refractivity contribution in [3.8, 4) is 0 Å². The molecule has 1 N–H and O–H groups in total. The van der Waals surface area contributed by atoms with Crippen molar-refractivity contribution in [3.05, 3.63) is 24.1 Å². The third-order valence-electron chi connectivity index (χ3n) is 1.48. The van der Waals surface area contributed by atoms with Crippen LogP contribution in [0.5, 0.6) is 0 Å². The van der Waals surface area contributed by atoms with E-state index in [-0.39, 0.29) is 0 Å². The van der Waals surface area contributed by atoms with Crippen molar-refractivity contribution in [2.75, 3.05) is 0 Å². The van der Waals surface area contributed by atoms with Gasteiger partial charge in [-0.1, -0.05) is 11.6 Å². The first-order chi connectivity index (χ1) is 5.56. The summed E-state index contributed by atoms with van der Waals surface area (Å²) < 4.78 is 25.7. The third kappa shape index (κ3) is 1.82. The Morgan fingerprint density at radius 1 is 1.75 bits per heavy atom. The second-order valence-corrected chi connectivity index (χ2v) is 2.93. The molecule has 0 aliphatic heterocycles. The lowest BCUT2D eigenvalue weighted by Crippen LogP contribution is -2.26. The molecule has 0 bridgehead atoms. The van der Waals surface area contributed by atoms with Crippen molar-refractivity contribution in [1.82, 2.24) is 0 Å². The van der Waals surface area contributed by atoms with Gasteiger partial charge in [-0.05, 0) is 18.2 Å². The molecule has 0 saturated carbocycles. The fourth-order valence-electron chi connectivity index (χ4n) is 0.854. The van der Waals surface area contributed by atoms with Crippen LogP contribution >= 0.6 is 11.6 Å². The van der Waals surface area contributed by atoms with Crippen molar-refractivity contribution in [1.29, 1.82) is 0 Å². The van der Waals surface area contributed by atoms with Gasteiger partial charge in [-0.3, -0.25) is 0 Å². The second-order valence-electron chi connectivity index (χ2n) is 2.35. The van der Waals surface area contributed by atoms with Crippen LogP contribution in [0.2, 0.25) is 0 Å². The highest BCUT2D eigenvalue weighted by molar-refractivity contribution is 6.25. The van der Waals surface area contributed by atoms with Gasteiger partial charge < -0.3 is 5.21 Å². The van der Waals surface area contributed by atoms with Crippen LogP contribution in [-0.2, 0) is 0 Å². The summed E-state index contributed by atoms with van der Waals surface area (Å²) in [5, 5.41) is 8.49. The van der Waals surface area contributed by atoms with E-state index in [0.29, 0.717) is 0 Å². The lowest BCUT2D eigenvalue weighted by atomic mass is 9.99. The molecule has 0 amide bonds. The minimum atomic E-state index is -2.21. The molecule has 0 fully saturated rings. The quantitative estimate of drug-likeness (QED) is 0.295. The van der Waals surface area contributed by atoms with E-state index in [4.69, 9.17) is 16.8 Å². The maximum absolute atomic E-state index is 13.2. The maximum atomic E-state index is 13.2. The molecule has 2 nitrogen and oxygen atoms in total. The normalized spacial score (nSPS) is 35.6. The molecule has 0 aromatic heterocycles. The van der Waals surface area contributed by atoms with Gasteiger partial charge in [0.25, 0.3) is 0 Å². The fourth-order valence-corrected chi connectivity index (χ4v) is 1.04. The van der Waals surface area contributed by atoms with E-state index in [1.165, 1.54) is 0 Å². The fraction of sp³-hybridized carbons (Fsp3) is 0.286. The molecule has 66 valence electrons. The van der Waals surface area contributed by atoms with Gasteiger partial charge >= 0.3 is 0 Å². The molecule has 1 rings (SSSR count). The van der Waals surface area contributed by atoms with E-state index in [2.05, 4.69) is 5.16 Å². The molecule has 0 aromatic rings. The molecule has 1 aliphatic rings. The predicted octanol–water partition coefficient (Wildman–Crippen LogP) is 2.39. The van der Waals surface area contributed by atoms with Crippen molar-refractivity contribution in [3.63, 3.8) is 0 Å². The van der Waals surface area contributed by atoms with Crippen LogP contribution in [-0.4, -0.2) is 16.5 Å².